The predicted octanol–water partition coefficient (Wildman–Crippen LogP) is 2.76. The Hall–Kier alpha value is -0.120. The van der Waals surface area contributed by atoms with Crippen molar-refractivity contribution in [3.63, 3.8) is 0 Å². The molecular formula is C16H34N2O. The van der Waals surface area contributed by atoms with Crippen LogP contribution in [0, 0.1) is 11.3 Å². The summed E-state index contributed by atoms with van der Waals surface area (Å²) >= 11 is 0. The highest BCUT2D eigenvalue weighted by Gasteiger charge is 2.35. The Bertz CT molecular complexity index is 253. The molecule has 0 aromatic rings. The van der Waals surface area contributed by atoms with Crippen molar-refractivity contribution in [1.82, 2.24) is 10.2 Å². The second-order valence-corrected chi connectivity index (χ2v) is 7.14. The number of ether oxygens (including phenoxy) is 1. The summed E-state index contributed by atoms with van der Waals surface area (Å²) in [5.41, 5.74) is 0.502. The number of methoxy groups -OCH3 is 1. The maximum atomic E-state index is 5.25. The van der Waals surface area contributed by atoms with Gasteiger partial charge in [0.05, 0.1) is 6.61 Å². The molecule has 0 saturated heterocycles. The topological polar surface area (TPSA) is 24.5 Å². The van der Waals surface area contributed by atoms with E-state index in [0.29, 0.717) is 17.5 Å². The van der Waals surface area contributed by atoms with Crippen LogP contribution >= 0.6 is 0 Å². The monoisotopic (exact) mass is 270 g/mol. The minimum absolute atomic E-state index is 0.502. The van der Waals surface area contributed by atoms with Crippen molar-refractivity contribution >= 4 is 0 Å². The van der Waals surface area contributed by atoms with Gasteiger partial charge in [-0.3, -0.25) is 4.90 Å². The standard InChI is InChI=1S/C16H34N2O/c1-13(2)18(9-10-19-6)12-14-11-16(3,4)8-7-15(14)17-5/h13-15,17H,7-12H2,1-6H3. The Morgan fingerprint density at radius 2 is 2.05 bits per heavy atom. The third-order valence-electron chi connectivity index (χ3n) is 4.67. The summed E-state index contributed by atoms with van der Waals surface area (Å²) < 4.78 is 5.25. The van der Waals surface area contributed by atoms with Crippen LogP contribution in [0.2, 0.25) is 0 Å². The molecule has 1 saturated carbocycles. The number of nitrogens with zero attached hydrogens (tertiary/aromatic N) is 1. The van der Waals surface area contributed by atoms with Gasteiger partial charge in [-0.05, 0) is 51.5 Å². The summed E-state index contributed by atoms with van der Waals surface area (Å²) in [6.07, 6.45) is 3.98. The fourth-order valence-electron chi connectivity index (χ4n) is 3.38. The normalized spacial score (nSPS) is 27.2. The van der Waals surface area contributed by atoms with Crippen LogP contribution in [0.1, 0.15) is 47.0 Å². The summed E-state index contributed by atoms with van der Waals surface area (Å²) in [5, 5.41) is 3.53. The maximum absolute atomic E-state index is 5.25. The van der Waals surface area contributed by atoms with E-state index in [0.717, 1.165) is 19.1 Å². The maximum Gasteiger partial charge on any atom is 0.0589 e. The van der Waals surface area contributed by atoms with Gasteiger partial charge in [-0.25, -0.2) is 0 Å². The van der Waals surface area contributed by atoms with Gasteiger partial charge in [0.1, 0.15) is 0 Å². The van der Waals surface area contributed by atoms with Crippen LogP contribution in [-0.4, -0.2) is 50.8 Å². The molecule has 1 aliphatic carbocycles. The molecule has 1 N–H and O–H groups in total. The highest BCUT2D eigenvalue weighted by atomic mass is 16.5. The third kappa shape index (κ3) is 5.41. The smallest absolute Gasteiger partial charge is 0.0589 e. The zero-order valence-corrected chi connectivity index (χ0v) is 13.8. The Morgan fingerprint density at radius 3 is 2.58 bits per heavy atom. The molecule has 114 valence electrons. The van der Waals surface area contributed by atoms with Crippen molar-refractivity contribution in [2.75, 3.05) is 33.9 Å². The van der Waals surface area contributed by atoms with Gasteiger partial charge in [0, 0.05) is 32.3 Å². The lowest BCUT2D eigenvalue weighted by Crippen LogP contribution is -2.48. The van der Waals surface area contributed by atoms with Crippen molar-refractivity contribution in [3.05, 3.63) is 0 Å². The first kappa shape index (κ1) is 16.9. The molecule has 0 spiro atoms. The van der Waals surface area contributed by atoms with Crippen LogP contribution < -0.4 is 5.32 Å². The number of rotatable bonds is 7. The van der Waals surface area contributed by atoms with E-state index in [2.05, 4.69) is 45.0 Å². The van der Waals surface area contributed by atoms with Crippen LogP contribution in [0.5, 0.6) is 0 Å². The van der Waals surface area contributed by atoms with Gasteiger partial charge in [-0.1, -0.05) is 13.8 Å². The SMILES string of the molecule is CNC1CCC(C)(C)CC1CN(CCOC)C(C)C. The molecule has 1 aliphatic rings. The van der Waals surface area contributed by atoms with Crippen LogP contribution in [0.3, 0.4) is 0 Å². The lowest BCUT2D eigenvalue weighted by atomic mass is 9.69. The van der Waals surface area contributed by atoms with Gasteiger partial charge in [-0.15, -0.1) is 0 Å². The van der Waals surface area contributed by atoms with E-state index < -0.39 is 0 Å². The number of hydrogen-bond acceptors (Lipinski definition) is 3. The van der Waals surface area contributed by atoms with E-state index in [9.17, 15) is 0 Å². The second-order valence-electron chi connectivity index (χ2n) is 7.14. The summed E-state index contributed by atoms with van der Waals surface area (Å²) in [6, 6.07) is 1.27. The molecule has 3 nitrogen and oxygen atoms in total. The Balaban J connectivity index is 2.62. The number of nitrogens with one attached hydrogen (secondary N) is 1. The van der Waals surface area contributed by atoms with Gasteiger partial charge in [0.15, 0.2) is 0 Å². The van der Waals surface area contributed by atoms with E-state index in [1.165, 1.54) is 25.8 Å². The Labute approximate surface area is 120 Å². The quantitative estimate of drug-likeness (QED) is 0.770. The van der Waals surface area contributed by atoms with E-state index in [1.807, 2.05) is 0 Å². The van der Waals surface area contributed by atoms with Crippen molar-refractivity contribution in [2.24, 2.45) is 11.3 Å². The minimum atomic E-state index is 0.502. The lowest BCUT2D eigenvalue weighted by Gasteiger charge is -2.43. The molecule has 0 aromatic carbocycles. The zero-order chi connectivity index (χ0) is 14.5. The van der Waals surface area contributed by atoms with Gasteiger partial charge >= 0.3 is 0 Å². The molecule has 0 heterocycles. The summed E-state index contributed by atoms with van der Waals surface area (Å²) in [6.45, 7) is 12.5. The van der Waals surface area contributed by atoms with E-state index in [1.54, 1.807) is 7.11 Å². The highest BCUT2D eigenvalue weighted by Crippen LogP contribution is 2.39. The van der Waals surface area contributed by atoms with Gasteiger partial charge in [0.25, 0.3) is 0 Å². The molecule has 1 fully saturated rings. The van der Waals surface area contributed by atoms with Gasteiger partial charge < -0.3 is 10.1 Å². The van der Waals surface area contributed by atoms with Crippen LogP contribution in [0.15, 0.2) is 0 Å². The van der Waals surface area contributed by atoms with Crippen LogP contribution in [0.4, 0.5) is 0 Å². The molecule has 2 atom stereocenters. The van der Waals surface area contributed by atoms with Crippen molar-refractivity contribution in [3.8, 4) is 0 Å². The molecule has 0 amide bonds. The summed E-state index contributed by atoms with van der Waals surface area (Å²) in [4.78, 5) is 2.57. The van der Waals surface area contributed by atoms with Gasteiger partial charge in [0.2, 0.25) is 0 Å². The first-order valence-electron chi connectivity index (χ1n) is 7.80. The molecule has 0 radical (unpaired) electrons. The molecule has 0 aliphatic heterocycles. The van der Waals surface area contributed by atoms with Crippen molar-refractivity contribution in [2.45, 2.75) is 59.0 Å². The molecule has 2 unspecified atom stereocenters. The molecule has 0 bridgehead atoms. The Kier molecular flexibility index (Phi) is 6.78. The average Bonchev–Trinajstić information content (AvgIpc) is 2.33. The predicted molar refractivity (Wildman–Crippen MR) is 82.6 cm³/mol. The third-order valence-corrected chi connectivity index (χ3v) is 4.67. The zero-order valence-electron chi connectivity index (χ0n) is 13.8. The highest BCUT2D eigenvalue weighted by molar-refractivity contribution is 4.90. The number of hydrogen-bond donors (Lipinski definition) is 1. The van der Waals surface area contributed by atoms with E-state index in [-0.39, 0.29) is 0 Å². The average molecular weight is 270 g/mol. The molecule has 3 heteroatoms. The summed E-state index contributed by atoms with van der Waals surface area (Å²) in [7, 11) is 3.91. The Morgan fingerprint density at radius 1 is 1.37 bits per heavy atom. The van der Waals surface area contributed by atoms with Crippen LogP contribution in [0.25, 0.3) is 0 Å². The van der Waals surface area contributed by atoms with E-state index in [4.69, 9.17) is 4.74 Å². The largest absolute Gasteiger partial charge is 0.383 e. The van der Waals surface area contributed by atoms with Gasteiger partial charge in [-0.2, -0.15) is 0 Å². The fourth-order valence-corrected chi connectivity index (χ4v) is 3.38. The van der Waals surface area contributed by atoms with Crippen molar-refractivity contribution < 1.29 is 4.74 Å². The molecule has 1 rings (SSSR count). The van der Waals surface area contributed by atoms with E-state index >= 15 is 0 Å². The van der Waals surface area contributed by atoms with Crippen molar-refractivity contribution in [1.29, 1.82) is 0 Å². The fraction of sp³-hybridized carbons (Fsp3) is 1.00. The first-order valence-corrected chi connectivity index (χ1v) is 7.80. The second kappa shape index (κ2) is 7.61. The van der Waals surface area contributed by atoms with Crippen LogP contribution in [-0.2, 0) is 4.74 Å². The lowest BCUT2D eigenvalue weighted by molar-refractivity contribution is 0.0716. The summed E-state index contributed by atoms with van der Waals surface area (Å²) in [5.74, 6) is 0.757. The first-order chi connectivity index (χ1) is 8.89. The molecule has 19 heavy (non-hydrogen) atoms. The molecular weight excluding hydrogens is 236 g/mol. The minimum Gasteiger partial charge on any atom is -0.383 e. The molecule has 0 aromatic heterocycles.